The van der Waals surface area contributed by atoms with Crippen molar-refractivity contribution in [3.63, 3.8) is 0 Å². The number of hydrogen-bond acceptors (Lipinski definition) is 6. The van der Waals surface area contributed by atoms with Crippen molar-refractivity contribution in [2.75, 3.05) is 33.0 Å². The predicted octanol–water partition coefficient (Wildman–Crippen LogP) is 3.66. The highest BCUT2D eigenvalue weighted by molar-refractivity contribution is 6.88. The van der Waals surface area contributed by atoms with Crippen molar-refractivity contribution >= 4 is 28.5 Å². The number of alkyl carbamates (subject to hydrolysis) is 1. The van der Waals surface area contributed by atoms with Crippen LogP contribution in [0, 0.1) is 23.8 Å². The van der Waals surface area contributed by atoms with Crippen LogP contribution >= 0.6 is 0 Å². The van der Waals surface area contributed by atoms with Crippen LogP contribution in [0.15, 0.2) is 12.2 Å². The summed E-state index contributed by atoms with van der Waals surface area (Å²) in [4.78, 5) is 22.7. The normalized spacial score (nSPS) is 11.6. The summed E-state index contributed by atoms with van der Waals surface area (Å²) in [6.07, 6.45) is 5.58. The third kappa shape index (κ3) is 12.7. The highest BCUT2D eigenvalue weighted by Gasteiger charge is 2.43. The SMILES string of the molecule is C#CC#C[Si](C)(C)C(C)(C)O[Si](C)(C)CCCOCCOC(=O)NCCOC(=O)C(=C)C. The van der Waals surface area contributed by atoms with Crippen molar-refractivity contribution in [3.05, 3.63) is 12.2 Å². The molecule has 9 heteroatoms. The van der Waals surface area contributed by atoms with Crippen molar-refractivity contribution in [1.29, 1.82) is 0 Å². The van der Waals surface area contributed by atoms with Gasteiger partial charge in [0.05, 0.1) is 18.4 Å². The maximum atomic E-state index is 11.5. The molecule has 0 radical (unpaired) electrons. The molecular formula is C23H39NO6Si2. The first kappa shape index (κ1) is 30.0. The molecule has 0 aliphatic rings. The lowest BCUT2D eigenvalue weighted by Gasteiger charge is -2.42. The minimum atomic E-state index is -1.97. The van der Waals surface area contributed by atoms with E-state index in [9.17, 15) is 9.59 Å². The van der Waals surface area contributed by atoms with Gasteiger partial charge in [0, 0.05) is 12.2 Å². The molecule has 1 N–H and O–H groups in total. The number of hydrogen-bond donors (Lipinski definition) is 1. The van der Waals surface area contributed by atoms with Crippen LogP contribution < -0.4 is 5.32 Å². The molecule has 0 unspecified atom stereocenters. The molecule has 0 atom stereocenters. The van der Waals surface area contributed by atoms with Crippen LogP contribution in [-0.2, 0) is 23.4 Å². The van der Waals surface area contributed by atoms with E-state index in [4.69, 9.17) is 25.1 Å². The Kier molecular flexibility index (Phi) is 13.3. The Labute approximate surface area is 195 Å². The number of esters is 1. The highest BCUT2D eigenvalue weighted by Crippen LogP contribution is 2.29. The fraction of sp³-hybridized carbons (Fsp3) is 0.652. The molecule has 7 nitrogen and oxygen atoms in total. The van der Waals surface area contributed by atoms with E-state index in [1.54, 1.807) is 6.92 Å². The topological polar surface area (TPSA) is 83.1 Å². The van der Waals surface area contributed by atoms with Crippen LogP contribution in [0.3, 0.4) is 0 Å². The van der Waals surface area contributed by atoms with Crippen LogP contribution in [0.25, 0.3) is 0 Å². The molecule has 0 heterocycles. The molecule has 0 aromatic heterocycles. The fourth-order valence-electron chi connectivity index (χ4n) is 2.58. The largest absolute Gasteiger partial charge is 0.460 e. The van der Waals surface area contributed by atoms with Crippen LogP contribution in [0.1, 0.15) is 27.2 Å². The van der Waals surface area contributed by atoms with Gasteiger partial charge in [0.1, 0.15) is 13.2 Å². The predicted molar refractivity (Wildman–Crippen MR) is 132 cm³/mol. The molecule has 0 rings (SSSR count). The van der Waals surface area contributed by atoms with E-state index in [1.165, 1.54) is 0 Å². The Hall–Kier alpha value is -2.05. The van der Waals surface area contributed by atoms with E-state index < -0.39 is 28.5 Å². The minimum Gasteiger partial charge on any atom is -0.460 e. The second-order valence-corrected chi connectivity index (χ2v) is 18.0. The maximum absolute atomic E-state index is 11.5. The highest BCUT2D eigenvalue weighted by atomic mass is 28.4. The zero-order valence-electron chi connectivity index (χ0n) is 20.7. The van der Waals surface area contributed by atoms with Crippen LogP contribution in [0.2, 0.25) is 32.2 Å². The van der Waals surface area contributed by atoms with E-state index in [0.29, 0.717) is 18.8 Å². The van der Waals surface area contributed by atoms with Gasteiger partial charge < -0.3 is 24.0 Å². The number of ether oxygens (including phenoxy) is 3. The molecule has 0 saturated carbocycles. The fourth-order valence-corrected chi connectivity index (χ4v) is 7.59. The summed E-state index contributed by atoms with van der Waals surface area (Å²) in [5.41, 5.74) is 3.56. The first-order valence-corrected chi connectivity index (χ1v) is 16.8. The van der Waals surface area contributed by atoms with E-state index in [1.807, 2.05) is 0 Å². The maximum Gasteiger partial charge on any atom is 0.407 e. The molecule has 0 saturated heterocycles. The Balaban J connectivity index is 4.04. The molecule has 180 valence electrons. The van der Waals surface area contributed by atoms with Crippen LogP contribution in [0.4, 0.5) is 4.79 Å². The first-order chi connectivity index (χ1) is 14.7. The Bertz CT molecular complexity index is 744. The van der Waals surface area contributed by atoms with Gasteiger partial charge in [-0.2, -0.15) is 0 Å². The van der Waals surface area contributed by atoms with E-state index in [2.05, 4.69) is 69.3 Å². The van der Waals surface area contributed by atoms with Crippen molar-refractivity contribution in [2.45, 2.75) is 64.6 Å². The van der Waals surface area contributed by atoms with Crippen molar-refractivity contribution in [2.24, 2.45) is 0 Å². The summed E-state index contributed by atoms with van der Waals surface area (Å²) in [5, 5.41) is 2.20. The van der Waals surface area contributed by atoms with E-state index >= 15 is 0 Å². The van der Waals surface area contributed by atoms with Crippen LogP contribution in [0.5, 0.6) is 0 Å². The smallest absolute Gasteiger partial charge is 0.407 e. The summed E-state index contributed by atoms with van der Waals surface area (Å²) >= 11 is 0. The minimum absolute atomic E-state index is 0.0615. The summed E-state index contributed by atoms with van der Waals surface area (Å²) in [5.74, 6) is 4.69. The summed E-state index contributed by atoms with van der Waals surface area (Å²) in [6, 6.07) is 0.952. The number of carbonyl (C=O) groups excluding carboxylic acids is 2. The van der Waals surface area contributed by atoms with Gasteiger partial charge in [0.15, 0.2) is 16.4 Å². The number of terminal acetylenes is 1. The third-order valence-corrected chi connectivity index (χ3v) is 11.7. The monoisotopic (exact) mass is 481 g/mol. The van der Waals surface area contributed by atoms with E-state index in [0.717, 1.165) is 12.5 Å². The van der Waals surface area contributed by atoms with Gasteiger partial charge in [0.25, 0.3) is 0 Å². The lowest BCUT2D eigenvalue weighted by atomic mass is 10.4. The zero-order chi connectivity index (χ0) is 24.8. The molecule has 0 bridgehead atoms. The Morgan fingerprint density at radius 2 is 1.72 bits per heavy atom. The van der Waals surface area contributed by atoms with Crippen molar-refractivity contribution in [3.8, 4) is 23.8 Å². The number of nitrogens with one attached hydrogen (secondary N) is 1. The van der Waals surface area contributed by atoms with E-state index in [-0.39, 0.29) is 25.0 Å². The van der Waals surface area contributed by atoms with Crippen molar-refractivity contribution in [1.82, 2.24) is 5.32 Å². The number of amides is 1. The second-order valence-electron chi connectivity index (χ2n) is 9.09. The molecule has 0 spiro atoms. The first-order valence-electron chi connectivity index (χ1n) is 10.7. The van der Waals surface area contributed by atoms with Crippen molar-refractivity contribution < 1.29 is 28.2 Å². The second kappa shape index (κ2) is 14.2. The van der Waals surface area contributed by atoms with Gasteiger partial charge in [-0.15, -0.1) is 12.0 Å². The molecule has 32 heavy (non-hydrogen) atoms. The summed E-state index contributed by atoms with van der Waals surface area (Å²) in [7, 11) is -3.88. The number of carbonyl (C=O) groups is 2. The average molecular weight is 482 g/mol. The molecule has 0 aromatic rings. The molecule has 0 aliphatic heterocycles. The van der Waals surface area contributed by atoms with Gasteiger partial charge in [-0.3, -0.25) is 0 Å². The lowest BCUT2D eigenvalue weighted by Crippen LogP contribution is -2.56. The van der Waals surface area contributed by atoms with Gasteiger partial charge >= 0.3 is 12.1 Å². The standard InChI is InChI=1S/C23H39NO6Si2/c1-10-11-18-31(6,7)23(4,5)30-32(8,9)19-12-14-27-16-17-29-22(26)24-13-15-28-21(25)20(2)3/h1H,2,12-17,19H2,3-9H3,(H,24,26). The van der Waals surface area contributed by atoms with Gasteiger partial charge in [-0.25, -0.2) is 9.59 Å². The van der Waals surface area contributed by atoms with Gasteiger partial charge in [0.2, 0.25) is 0 Å². The summed E-state index contributed by atoms with van der Waals surface area (Å²) < 4.78 is 22.0. The molecule has 0 aliphatic carbocycles. The molecule has 1 amide bonds. The summed E-state index contributed by atoms with van der Waals surface area (Å²) in [6.45, 7) is 19.3. The molecular weight excluding hydrogens is 442 g/mol. The molecule has 0 aromatic carbocycles. The zero-order valence-corrected chi connectivity index (χ0v) is 22.7. The third-order valence-electron chi connectivity index (χ3n) is 4.97. The quantitative estimate of drug-likeness (QED) is 0.134. The number of rotatable bonds is 14. The Morgan fingerprint density at radius 3 is 2.31 bits per heavy atom. The lowest BCUT2D eigenvalue weighted by molar-refractivity contribution is -0.138. The Morgan fingerprint density at radius 1 is 1.06 bits per heavy atom. The average Bonchev–Trinajstić information content (AvgIpc) is 2.67. The van der Waals surface area contributed by atoms with Gasteiger partial charge in [-0.05, 0) is 58.2 Å². The van der Waals surface area contributed by atoms with Gasteiger partial charge in [-0.1, -0.05) is 19.7 Å². The van der Waals surface area contributed by atoms with Crippen LogP contribution in [-0.4, -0.2) is 66.7 Å². The molecule has 0 fully saturated rings.